The lowest BCUT2D eigenvalue weighted by molar-refractivity contribution is -0.374. The van der Waals surface area contributed by atoms with Gasteiger partial charge in [-0.15, -0.1) is 0 Å². The fraction of sp³-hybridized carbons (Fsp3) is 1.00. The van der Waals surface area contributed by atoms with Gasteiger partial charge >= 0.3 is 0 Å². The summed E-state index contributed by atoms with van der Waals surface area (Å²) in [7, 11) is 0. The summed E-state index contributed by atoms with van der Waals surface area (Å²) in [6.45, 7) is 6.82. The van der Waals surface area contributed by atoms with Crippen LogP contribution in [0.4, 0.5) is 0 Å². The molecule has 4 saturated carbocycles. The third kappa shape index (κ3) is 8.78. The van der Waals surface area contributed by atoms with Crippen molar-refractivity contribution in [1.82, 2.24) is 0 Å². The highest BCUT2D eigenvalue weighted by atomic mass is 16.8. The SMILES string of the molecule is C[C@H](CC[C@]1(O)O[C@H]2C[C@H]3[C@@H]4CC[C@@H]5C[C@@H](O[C@@H]6O[C@H](CO)[C@H](O)[C@H](O)[C@H]6O[C@@H]6O[C@H](CO)[C@@H](O)[C@H](O)[C@H]6O)C[C@@H](O)[C@]5(C)[C@H]4CC[C@]3(C)[C@H]2[C@@H]1C)CO[C@@H]1O[C@H](CO)[C@@H](O)[C@H](O)[C@H]1O. The number of rotatable bonds is 13. The molecule has 0 radical (unpaired) electrons. The van der Waals surface area contributed by atoms with Crippen molar-refractivity contribution in [1.29, 1.82) is 0 Å². The van der Waals surface area contributed by atoms with Crippen LogP contribution in [0.15, 0.2) is 0 Å². The molecule has 0 aromatic heterocycles. The van der Waals surface area contributed by atoms with E-state index >= 15 is 0 Å². The van der Waals surface area contributed by atoms with E-state index in [1.807, 2.05) is 6.92 Å². The lowest BCUT2D eigenvalue weighted by Gasteiger charge is -2.62. The highest BCUT2D eigenvalue weighted by molar-refractivity contribution is 5.16. The van der Waals surface area contributed by atoms with Crippen LogP contribution in [-0.4, -0.2) is 209 Å². The molecule has 20 heteroatoms. The molecule has 0 bridgehead atoms. The molecule has 0 amide bonds. The molecular formula is C45H76O20. The molecule has 4 heterocycles. The van der Waals surface area contributed by atoms with Gasteiger partial charge in [0.05, 0.1) is 44.7 Å². The summed E-state index contributed by atoms with van der Waals surface area (Å²) >= 11 is 0. The maximum absolute atomic E-state index is 12.2. The van der Waals surface area contributed by atoms with Gasteiger partial charge in [0, 0.05) is 18.8 Å². The van der Waals surface area contributed by atoms with Gasteiger partial charge in [-0.2, -0.15) is 0 Å². The first-order chi connectivity index (χ1) is 30.7. The topological polar surface area (TPSA) is 328 Å². The largest absolute Gasteiger partial charge is 0.394 e. The average Bonchev–Trinajstić information content (AvgIpc) is 3.72. The highest BCUT2D eigenvalue weighted by Crippen LogP contribution is 2.71. The Labute approximate surface area is 379 Å². The molecule has 8 aliphatic rings. The van der Waals surface area contributed by atoms with Gasteiger partial charge in [0.15, 0.2) is 24.7 Å². The van der Waals surface area contributed by atoms with Gasteiger partial charge in [-0.25, -0.2) is 0 Å². The van der Waals surface area contributed by atoms with Crippen molar-refractivity contribution in [3.8, 4) is 0 Å². The normalized spacial score (nSPS) is 56.1. The Balaban J connectivity index is 0.886. The molecule has 8 fully saturated rings. The summed E-state index contributed by atoms with van der Waals surface area (Å²) in [6, 6.07) is 0. The quantitative estimate of drug-likeness (QED) is 0.0829. The van der Waals surface area contributed by atoms with Crippen molar-refractivity contribution >= 4 is 0 Å². The molecule has 65 heavy (non-hydrogen) atoms. The summed E-state index contributed by atoms with van der Waals surface area (Å²) in [5.74, 6) is -0.510. The molecule has 0 aromatic carbocycles. The number of ether oxygens (including phenoxy) is 7. The summed E-state index contributed by atoms with van der Waals surface area (Å²) < 4.78 is 41.7. The first kappa shape index (κ1) is 50.6. The molecule has 28 atom stereocenters. The van der Waals surface area contributed by atoms with E-state index in [0.717, 1.165) is 32.1 Å². The molecule has 4 saturated heterocycles. The van der Waals surface area contributed by atoms with Crippen LogP contribution in [0.3, 0.4) is 0 Å². The number of aliphatic hydroxyl groups is 13. The van der Waals surface area contributed by atoms with Crippen LogP contribution in [0, 0.1) is 52.3 Å². The van der Waals surface area contributed by atoms with Crippen LogP contribution in [0.2, 0.25) is 0 Å². The van der Waals surface area contributed by atoms with E-state index in [0.29, 0.717) is 31.1 Å². The standard InChI is InChI=1S/C45H76O20/c1-18(17-59-40-37(56)34(53)31(50)26(14-46)61-40)7-10-45(58)19(2)30-25(65-45)13-24-22-6-5-20-11-21(12-29(49)44(20,4)23(22)8-9-43(24,30)3)60-42-39(36(55)33(52)28(16-48)63-42)64-41-38(57)35(54)32(51)27(15-47)62-41/h18-42,46-58H,5-17H2,1-4H3/t18-,19+,20-,21-,22-,23+,24+,25+,26-,27-,28-,29-,30+,31-,32-,33+,34+,35+,36+,37-,38-,39-,40-,41+,42-,43+,44+,45+/m1/s1. The van der Waals surface area contributed by atoms with Crippen LogP contribution in [0.25, 0.3) is 0 Å². The summed E-state index contributed by atoms with van der Waals surface area (Å²) in [5, 5.41) is 137. The molecule has 0 unspecified atom stereocenters. The van der Waals surface area contributed by atoms with E-state index in [4.69, 9.17) is 33.2 Å². The molecule has 13 N–H and O–H groups in total. The van der Waals surface area contributed by atoms with Crippen LogP contribution < -0.4 is 0 Å². The second kappa shape index (κ2) is 19.4. The molecule has 376 valence electrons. The Morgan fingerprint density at radius 3 is 1.86 bits per heavy atom. The van der Waals surface area contributed by atoms with E-state index in [2.05, 4.69) is 20.8 Å². The summed E-state index contributed by atoms with van der Waals surface area (Å²) in [5.41, 5.74) is -0.531. The van der Waals surface area contributed by atoms with Crippen molar-refractivity contribution in [3.63, 3.8) is 0 Å². The van der Waals surface area contributed by atoms with E-state index in [-0.39, 0.29) is 54.1 Å². The van der Waals surface area contributed by atoms with Crippen LogP contribution in [0.1, 0.15) is 85.5 Å². The van der Waals surface area contributed by atoms with Crippen molar-refractivity contribution in [2.45, 2.75) is 202 Å². The lowest BCUT2D eigenvalue weighted by Crippen LogP contribution is -2.65. The van der Waals surface area contributed by atoms with Gasteiger partial charge in [-0.05, 0) is 91.3 Å². The van der Waals surface area contributed by atoms with Gasteiger partial charge in [-0.3, -0.25) is 0 Å². The number of fused-ring (bicyclic) bond motifs is 7. The van der Waals surface area contributed by atoms with Gasteiger partial charge in [-0.1, -0.05) is 27.7 Å². The zero-order valence-corrected chi connectivity index (χ0v) is 37.8. The maximum atomic E-state index is 12.2. The molecule has 8 rings (SSSR count). The first-order valence-corrected chi connectivity index (χ1v) is 24.0. The molecule has 0 spiro atoms. The van der Waals surface area contributed by atoms with Gasteiger partial charge in [0.2, 0.25) is 0 Å². The predicted molar refractivity (Wildman–Crippen MR) is 220 cm³/mol. The van der Waals surface area contributed by atoms with Crippen molar-refractivity contribution in [3.05, 3.63) is 0 Å². The first-order valence-electron chi connectivity index (χ1n) is 24.0. The van der Waals surface area contributed by atoms with Gasteiger partial charge in [0.25, 0.3) is 0 Å². The average molecular weight is 937 g/mol. The molecule has 20 nitrogen and oxygen atoms in total. The Hall–Kier alpha value is -0.800. The maximum Gasteiger partial charge on any atom is 0.187 e. The van der Waals surface area contributed by atoms with Crippen molar-refractivity contribution in [2.24, 2.45) is 52.3 Å². The number of hydrogen-bond acceptors (Lipinski definition) is 20. The van der Waals surface area contributed by atoms with Gasteiger partial charge < -0.3 is 99.5 Å². The minimum Gasteiger partial charge on any atom is -0.394 e. The van der Waals surface area contributed by atoms with E-state index in [1.165, 1.54) is 0 Å². The highest BCUT2D eigenvalue weighted by Gasteiger charge is 2.69. The van der Waals surface area contributed by atoms with Crippen LogP contribution in [0.5, 0.6) is 0 Å². The minimum absolute atomic E-state index is 0.0623. The summed E-state index contributed by atoms with van der Waals surface area (Å²) in [6.07, 6.45) is -17.8. The van der Waals surface area contributed by atoms with Crippen molar-refractivity contribution in [2.75, 3.05) is 26.4 Å². The Bertz CT molecular complexity index is 1600. The lowest BCUT2D eigenvalue weighted by atomic mass is 9.43. The van der Waals surface area contributed by atoms with E-state index < -0.39 is 135 Å². The second-order valence-corrected chi connectivity index (χ2v) is 21.5. The monoisotopic (exact) mass is 936 g/mol. The fourth-order valence-corrected chi connectivity index (χ4v) is 14.2. The Kier molecular flexibility index (Phi) is 15.1. The zero-order valence-electron chi connectivity index (χ0n) is 37.8. The van der Waals surface area contributed by atoms with E-state index in [1.54, 1.807) is 0 Å². The minimum atomic E-state index is -1.80. The number of aliphatic hydroxyl groups excluding tert-OH is 12. The van der Waals surface area contributed by atoms with Gasteiger partial charge in [0.1, 0.15) is 73.2 Å². The zero-order chi connectivity index (χ0) is 47.1. The molecule has 4 aliphatic carbocycles. The van der Waals surface area contributed by atoms with Crippen LogP contribution >= 0.6 is 0 Å². The third-order valence-electron chi connectivity index (χ3n) is 18.1. The number of hydrogen-bond donors (Lipinski definition) is 13. The summed E-state index contributed by atoms with van der Waals surface area (Å²) in [4.78, 5) is 0. The fourth-order valence-electron chi connectivity index (χ4n) is 14.2. The molecule has 4 aliphatic heterocycles. The van der Waals surface area contributed by atoms with E-state index in [9.17, 15) is 66.4 Å². The molecule has 0 aromatic rings. The smallest absolute Gasteiger partial charge is 0.187 e. The Morgan fingerprint density at radius 1 is 0.646 bits per heavy atom. The van der Waals surface area contributed by atoms with Crippen LogP contribution in [-0.2, 0) is 33.2 Å². The predicted octanol–water partition coefficient (Wildman–Crippen LogP) is -2.81. The molecular weight excluding hydrogens is 860 g/mol. The third-order valence-corrected chi connectivity index (χ3v) is 18.1. The van der Waals surface area contributed by atoms with Crippen molar-refractivity contribution < 1.29 is 99.5 Å². The Morgan fingerprint density at radius 2 is 1.23 bits per heavy atom. The second-order valence-electron chi connectivity index (χ2n) is 21.5.